The number of benzene rings is 2. The summed E-state index contributed by atoms with van der Waals surface area (Å²) in [6, 6.07) is 11.0. The van der Waals surface area contributed by atoms with Gasteiger partial charge in [0.05, 0.1) is 31.3 Å². The second-order valence-corrected chi connectivity index (χ2v) is 10.2. The van der Waals surface area contributed by atoms with Gasteiger partial charge in [-0.25, -0.2) is 13.2 Å². The van der Waals surface area contributed by atoms with Crippen LogP contribution in [0.5, 0.6) is 11.5 Å². The summed E-state index contributed by atoms with van der Waals surface area (Å²) in [7, 11) is -0.792. The number of nitrogens with zero attached hydrogens (tertiary/aromatic N) is 1. The second-order valence-electron chi connectivity index (χ2n) is 8.25. The van der Waals surface area contributed by atoms with Crippen LogP contribution in [0.3, 0.4) is 0 Å². The quantitative estimate of drug-likeness (QED) is 0.388. The van der Waals surface area contributed by atoms with Crippen molar-refractivity contribution < 1.29 is 32.2 Å². The highest BCUT2D eigenvalue weighted by Crippen LogP contribution is 2.32. The molecular formula is C25H32N2O7S. The molecule has 0 atom stereocenters. The first-order valence-corrected chi connectivity index (χ1v) is 13.0. The minimum absolute atomic E-state index is 0.117. The molecule has 1 saturated heterocycles. The van der Waals surface area contributed by atoms with Gasteiger partial charge in [-0.3, -0.25) is 4.79 Å². The van der Waals surface area contributed by atoms with Crippen LogP contribution in [0.25, 0.3) is 0 Å². The van der Waals surface area contributed by atoms with Crippen LogP contribution in [0.2, 0.25) is 0 Å². The van der Waals surface area contributed by atoms with Gasteiger partial charge in [0.15, 0.2) is 11.5 Å². The second kappa shape index (κ2) is 12.0. The average Bonchev–Trinajstić information content (AvgIpc) is 2.88. The molecule has 0 aromatic heterocycles. The molecule has 1 aliphatic rings. The Balaban J connectivity index is 1.56. The lowest BCUT2D eigenvalue weighted by Gasteiger charge is -2.30. The smallest absolute Gasteiger partial charge is 0.338 e. The van der Waals surface area contributed by atoms with Gasteiger partial charge in [0, 0.05) is 30.8 Å². The maximum atomic E-state index is 13.1. The summed E-state index contributed by atoms with van der Waals surface area (Å²) in [4.78, 5) is 24.9. The molecule has 1 amide bonds. The zero-order chi connectivity index (χ0) is 25.4. The van der Waals surface area contributed by atoms with E-state index < -0.39 is 10.0 Å². The number of carbonyl (C=O) groups is 2. The number of hydrogen-bond donors (Lipinski definition) is 1. The number of piperidine rings is 1. The molecule has 35 heavy (non-hydrogen) atoms. The molecule has 3 rings (SSSR count). The number of unbranched alkanes of at least 4 members (excludes halogenated alkanes) is 1. The minimum atomic E-state index is -3.73. The molecule has 9 nitrogen and oxygen atoms in total. The SMILES string of the molecule is CCCCOC(=O)c1ccc(NC(=O)C2CCN(S(=O)(=O)c3ccc(OC)c(OC)c3)CC2)cc1. The Morgan fingerprint density at radius 3 is 2.26 bits per heavy atom. The third-order valence-corrected chi connectivity index (χ3v) is 7.83. The Kier molecular flexibility index (Phi) is 9.11. The van der Waals surface area contributed by atoms with Gasteiger partial charge in [-0.1, -0.05) is 13.3 Å². The zero-order valence-corrected chi connectivity index (χ0v) is 21.1. The third-order valence-electron chi connectivity index (χ3n) is 5.94. The Hall–Kier alpha value is -3.11. The minimum Gasteiger partial charge on any atom is -0.493 e. The van der Waals surface area contributed by atoms with Gasteiger partial charge in [-0.2, -0.15) is 4.31 Å². The van der Waals surface area contributed by atoms with E-state index in [1.165, 1.54) is 30.7 Å². The van der Waals surface area contributed by atoms with E-state index in [4.69, 9.17) is 14.2 Å². The predicted molar refractivity (Wildman–Crippen MR) is 131 cm³/mol. The highest BCUT2D eigenvalue weighted by Gasteiger charge is 2.32. The van der Waals surface area contributed by atoms with E-state index in [2.05, 4.69) is 5.32 Å². The van der Waals surface area contributed by atoms with Crippen LogP contribution in [0.4, 0.5) is 5.69 Å². The average molecular weight is 505 g/mol. The fourth-order valence-electron chi connectivity index (χ4n) is 3.81. The van der Waals surface area contributed by atoms with Gasteiger partial charge < -0.3 is 19.5 Å². The van der Waals surface area contributed by atoms with Gasteiger partial charge in [0.2, 0.25) is 15.9 Å². The lowest BCUT2D eigenvalue weighted by molar-refractivity contribution is -0.120. The first kappa shape index (κ1) is 26.5. The van der Waals surface area contributed by atoms with Crippen molar-refractivity contribution in [3.8, 4) is 11.5 Å². The highest BCUT2D eigenvalue weighted by molar-refractivity contribution is 7.89. The van der Waals surface area contributed by atoms with E-state index in [-0.39, 0.29) is 35.8 Å². The van der Waals surface area contributed by atoms with Crippen LogP contribution in [0, 0.1) is 5.92 Å². The van der Waals surface area contributed by atoms with Gasteiger partial charge in [0.1, 0.15) is 0 Å². The number of anilines is 1. The van der Waals surface area contributed by atoms with Crippen LogP contribution in [-0.4, -0.2) is 58.5 Å². The van der Waals surface area contributed by atoms with Crippen LogP contribution in [0.15, 0.2) is 47.4 Å². The number of nitrogens with one attached hydrogen (secondary N) is 1. The summed E-state index contributed by atoms with van der Waals surface area (Å²) in [6.45, 7) is 2.87. The molecule has 1 N–H and O–H groups in total. The van der Waals surface area contributed by atoms with E-state index >= 15 is 0 Å². The number of carbonyl (C=O) groups excluding carboxylic acids is 2. The van der Waals surface area contributed by atoms with Crippen LogP contribution < -0.4 is 14.8 Å². The highest BCUT2D eigenvalue weighted by atomic mass is 32.2. The van der Waals surface area contributed by atoms with E-state index in [9.17, 15) is 18.0 Å². The van der Waals surface area contributed by atoms with E-state index in [1.54, 1.807) is 30.3 Å². The maximum absolute atomic E-state index is 13.1. The van der Waals surface area contributed by atoms with Crippen molar-refractivity contribution in [2.24, 2.45) is 5.92 Å². The third kappa shape index (κ3) is 6.52. The van der Waals surface area contributed by atoms with Crippen LogP contribution in [-0.2, 0) is 19.6 Å². The number of sulfonamides is 1. The normalized spacial score (nSPS) is 14.8. The molecule has 2 aromatic carbocycles. The van der Waals surface area contributed by atoms with Crippen molar-refractivity contribution in [1.29, 1.82) is 0 Å². The lowest BCUT2D eigenvalue weighted by Crippen LogP contribution is -2.41. The van der Waals surface area contributed by atoms with Crippen molar-refractivity contribution in [2.75, 3.05) is 39.2 Å². The molecule has 0 aliphatic carbocycles. The predicted octanol–water partition coefficient (Wildman–Crippen LogP) is 3.70. The van der Waals surface area contributed by atoms with Crippen molar-refractivity contribution in [1.82, 2.24) is 4.31 Å². The Labute approximate surface area is 206 Å². The van der Waals surface area contributed by atoms with E-state index in [0.29, 0.717) is 42.2 Å². The summed E-state index contributed by atoms with van der Waals surface area (Å²) >= 11 is 0. The first-order valence-electron chi connectivity index (χ1n) is 11.6. The zero-order valence-electron chi connectivity index (χ0n) is 20.3. The van der Waals surface area contributed by atoms with Crippen molar-refractivity contribution in [3.05, 3.63) is 48.0 Å². The van der Waals surface area contributed by atoms with Crippen molar-refractivity contribution >= 4 is 27.6 Å². The topological polar surface area (TPSA) is 111 Å². The molecule has 190 valence electrons. The summed E-state index contributed by atoms with van der Waals surface area (Å²) in [5, 5.41) is 2.85. The number of esters is 1. The summed E-state index contributed by atoms with van der Waals surface area (Å²) < 4.78 is 43.1. The molecule has 0 saturated carbocycles. The number of ether oxygens (including phenoxy) is 3. The van der Waals surface area contributed by atoms with Crippen LogP contribution in [0.1, 0.15) is 43.0 Å². The van der Waals surface area contributed by atoms with Gasteiger partial charge >= 0.3 is 5.97 Å². The molecule has 0 unspecified atom stereocenters. The summed E-state index contributed by atoms with van der Waals surface area (Å²) in [6.07, 6.45) is 2.56. The first-order chi connectivity index (χ1) is 16.8. The Morgan fingerprint density at radius 2 is 1.66 bits per heavy atom. The lowest BCUT2D eigenvalue weighted by atomic mass is 9.97. The Morgan fingerprint density at radius 1 is 1.00 bits per heavy atom. The van der Waals surface area contributed by atoms with E-state index in [1.807, 2.05) is 6.92 Å². The molecule has 1 aliphatic heterocycles. The number of rotatable bonds is 10. The molecular weight excluding hydrogens is 472 g/mol. The number of amides is 1. The largest absolute Gasteiger partial charge is 0.493 e. The molecule has 0 spiro atoms. The van der Waals surface area contributed by atoms with E-state index in [0.717, 1.165) is 12.8 Å². The Bertz CT molecular complexity index is 1130. The van der Waals surface area contributed by atoms with Gasteiger partial charge in [-0.15, -0.1) is 0 Å². The molecule has 1 fully saturated rings. The molecule has 0 radical (unpaired) electrons. The van der Waals surface area contributed by atoms with Crippen LogP contribution >= 0.6 is 0 Å². The number of methoxy groups -OCH3 is 2. The maximum Gasteiger partial charge on any atom is 0.338 e. The van der Waals surface area contributed by atoms with Gasteiger partial charge in [-0.05, 0) is 55.7 Å². The van der Waals surface area contributed by atoms with Gasteiger partial charge in [0.25, 0.3) is 0 Å². The molecule has 1 heterocycles. The van der Waals surface area contributed by atoms with Crippen molar-refractivity contribution in [3.63, 3.8) is 0 Å². The molecule has 10 heteroatoms. The summed E-state index contributed by atoms with van der Waals surface area (Å²) in [5.74, 6) is -0.0947. The standard InChI is InChI=1S/C25H32N2O7S/c1-4-5-16-34-25(29)19-6-8-20(9-7-19)26-24(28)18-12-14-27(15-13-18)35(30,31)21-10-11-22(32-2)23(17-21)33-3/h6-11,17-18H,4-5,12-16H2,1-3H3,(H,26,28). The fourth-order valence-corrected chi connectivity index (χ4v) is 5.30. The number of hydrogen-bond acceptors (Lipinski definition) is 7. The monoisotopic (exact) mass is 504 g/mol. The fraction of sp³-hybridized carbons (Fsp3) is 0.440. The molecule has 2 aromatic rings. The molecule has 0 bridgehead atoms. The summed E-state index contributed by atoms with van der Waals surface area (Å²) in [5.41, 5.74) is 0.994. The van der Waals surface area contributed by atoms with Crippen molar-refractivity contribution in [2.45, 2.75) is 37.5 Å².